The highest BCUT2D eigenvalue weighted by atomic mass is 35.5. The van der Waals surface area contributed by atoms with Gasteiger partial charge >= 0.3 is 0 Å². The zero-order chi connectivity index (χ0) is 13.9. The molecule has 0 saturated carbocycles. The Kier molecular flexibility index (Phi) is 4.70. The van der Waals surface area contributed by atoms with Crippen molar-refractivity contribution in [3.8, 4) is 0 Å². The molecular weight excluding hydrogens is 252 g/mol. The molecule has 1 aromatic rings. The van der Waals surface area contributed by atoms with Gasteiger partial charge in [0.05, 0.1) is 0 Å². The Labute approximate surface area is 113 Å². The quantitative estimate of drug-likeness (QED) is 0.873. The molecule has 0 atom stereocenters. The Bertz CT molecular complexity index is 405. The molecule has 0 aromatic carbocycles. The third-order valence-corrected chi connectivity index (χ3v) is 3.06. The van der Waals surface area contributed by atoms with Gasteiger partial charge in [0.2, 0.25) is 17.2 Å². The molecule has 0 fully saturated rings. The van der Waals surface area contributed by atoms with E-state index in [0.29, 0.717) is 18.4 Å². The molecule has 7 heteroatoms. The Hall–Kier alpha value is -1.14. The minimum atomic E-state index is -0.00259. The number of hydrogen-bond donors (Lipinski definition) is 1. The molecule has 0 aliphatic rings. The average Bonchev–Trinajstić information content (AvgIpc) is 2.25. The third-order valence-electron chi connectivity index (χ3n) is 2.89. The summed E-state index contributed by atoms with van der Waals surface area (Å²) in [5.41, 5.74) is -0.00259. The van der Waals surface area contributed by atoms with Crippen molar-refractivity contribution in [3.63, 3.8) is 0 Å². The lowest BCUT2D eigenvalue weighted by Gasteiger charge is -2.32. The van der Waals surface area contributed by atoms with Crippen LogP contribution in [0.3, 0.4) is 0 Å². The van der Waals surface area contributed by atoms with Crippen LogP contribution in [0.5, 0.6) is 0 Å². The van der Waals surface area contributed by atoms with Gasteiger partial charge in [0, 0.05) is 26.2 Å². The van der Waals surface area contributed by atoms with E-state index in [2.05, 4.69) is 39.0 Å². The second-order valence-corrected chi connectivity index (χ2v) is 5.52. The molecule has 1 N–H and O–H groups in total. The second-order valence-electron chi connectivity index (χ2n) is 5.18. The smallest absolute Gasteiger partial charge is 0.230 e. The van der Waals surface area contributed by atoms with Gasteiger partial charge in [-0.2, -0.15) is 15.0 Å². The highest BCUT2D eigenvalue weighted by Crippen LogP contribution is 2.14. The monoisotopic (exact) mass is 272 g/mol. The number of likely N-dealkylation sites (N-methyl/N-ethyl adjacent to an activating group) is 1. The highest BCUT2D eigenvalue weighted by Gasteiger charge is 2.20. The van der Waals surface area contributed by atoms with E-state index in [1.165, 1.54) is 0 Å². The number of anilines is 2. The second kappa shape index (κ2) is 5.67. The van der Waals surface area contributed by atoms with E-state index < -0.39 is 0 Å². The van der Waals surface area contributed by atoms with Crippen molar-refractivity contribution >= 4 is 23.5 Å². The van der Waals surface area contributed by atoms with Crippen molar-refractivity contribution in [2.75, 3.05) is 45.0 Å². The average molecular weight is 273 g/mol. The van der Waals surface area contributed by atoms with Crippen molar-refractivity contribution in [2.45, 2.75) is 19.4 Å². The SMILES string of the molecule is CN(C)c1nc(Cl)nc(NCC(C)(C)N(C)C)n1. The van der Waals surface area contributed by atoms with E-state index >= 15 is 0 Å². The first-order valence-corrected chi connectivity index (χ1v) is 6.10. The molecule has 6 nitrogen and oxygen atoms in total. The van der Waals surface area contributed by atoms with E-state index in [0.717, 1.165) is 0 Å². The fourth-order valence-corrected chi connectivity index (χ4v) is 1.23. The largest absolute Gasteiger partial charge is 0.352 e. The van der Waals surface area contributed by atoms with Crippen LogP contribution < -0.4 is 10.2 Å². The minimum absolute atomic E-state index is 0.00259. The Morgan fingerprint density at radius 1 is 1.11 bits per heavy atom. The minimum Gasteiger partial charge on any atom is -0.352 e. The van der Waals surface area contributed by atoms with E-state index in [-0.39, 0.29) is 10.8 Å². The van der Waals surface area contributed by atoms with Gasteiger partial charge in [-0.05, 0) is 39.5 Å². The molecule has 102 valence electrons. The third kappa shape index (κ3) is 3.96. The molecule has 0 bridgehead atoms. The van der Waals surface area contributed by atoms with Crippen molar-refractivity contribution in [1.29, 1.82) is 0 Å². The van der Waals surface area contributed by atoms with Crippen molar-refractivity contribution < 1.29 is 0 Å². The van der Waals surface area contributed by atoms with Crippen LogP contribution in [0.15, 0.2) is 0 Å². The zero-order valence-corrected chi connectivity index (χ0v) is 12.6. The molecule has 1 heterocycles. The molecule has 1 rings (SSSR count). The van der Waals surface area contributed by atoms with Crippen LogP contribution in [-0.4, -0.2) is 60.1 Å². The van der Waals surface area contributed by atoms with Gasteiger partial charge in [-0.3, -0.25) is 0 Å². The number of nitrogens with zero attached hydrogens (tertiary/aromatic N) is 5. The number of hydrogen-bond acceptors (Lipinski definition) is 6. The molecule has 0 saturated heterocycles. The van der Waals surface area contributed by atoms with E-state index in [1.54, 1.807) is 4.90 Å². The van der Waals surface area contributed by atoms with Gasteiger partial charge in [0.25, 0.3) is 0 Å². The van der Waals surface area contributed by atoms with Crippen LogP contribution in [0.1, 0.15) is 13.8 Å². The van der Waals surface area contributed by atoms with Crippen molar-refractivity contribution in [2.24, 2.45) is 0 Å². The first-order chi connectivity index (χ1) is 8.22. The van der Waals surface area contributed by atoms with Gasteiger partial charge in [0.1, 0.15) is 0 Å². The van der Waals surface area contributed by atoms with Crippen LogP contribution in [0, 0.1) is 0 Å². The molecule has 18 heavy (non-hydrogen) atoms. The highest BCUT2D eigenvalue weighted by molar-refractivity contribution is 6.28. The Morgan fingerprint density at radius 3 is 2.22 bits per heavy atom. The zero-order valence-electron chi connectivity index (χ0n) is 11.8. The first-order valence-electron chi connectivity index (χ1n) is 5.72. The predicted molar refractivity (Wildman–Crippen MR) is 75.4 cm³/mol. The summed E-state index contributed by atoms with van der Waals surface area (Å²) < 4.78 is 0. The molecular formula is C11H21ClN6. The van der Waals surface area contributed by atoms with Gasteiger partial charge in [-0.15, -0.1) is 0 Å². The summed E-state index contributed by atoms with van der Waals surface area (Å²) in [5.74, 6) is 1.04. The van der Waals surface area contributed by atoms with Crippen molar-refractivity contribution in [1.82, 2.24) is 19.9 Å². The van der Waals surface area contributed by atoms with E-state index in [9.17, 15) is 0 Å². The van der Waals surface area contributed by atoms with Crippen LogP contribution >= 0.6 is 11.6 Å². The fourth-order valence-electron chi connectivity index (χ4n) is 1.07. The molecule has 0 radical (unpaired) electrons. The summed E-state index contributed by atoms with van der Waals surface area (Å²) >= 11 is 5.87. The molecule has 0 amide bonds. The van der Waals surface area contributed by atoms with Crippen LogP contribution in [0.25, 0.3) is 0 Å². The first kappa shape index (κ1) is 14.9. The summed E-state index contributed by atoms with van der Waals surface area (Å²) in [6, 6.07) is 0. The van der Waals surface area contributed by atoms with Crippen LogP contribution in [-0.2, 0) is 0 Å². The predicted octanol–water partition coefficient (Wildman–Crippen LogP) is 1.34. The van der Waals surface area contributed by atoms with Crippen LogP contribution in [0.4, 0.5) is 11.9 Å². The maximum Gasteiger partial charge on any atom is 0.230 e. The Balaban J connectivity index is 2.79. The standard InChI is InChI=1S/C11H21ClN6/c1-11(2,18(5)6)7-13-9-14-8(12)15-10(16-9)17(3)4/h7H2,1-6H3,(H,13,14,15,16). The maximum absolute atomic E-state index is 5.87. The number of nitrogens with one attached hydrogen (secondary N) is 1. The molecule has 1 aromatic heterocycles. The lowest BCUT2D eigenvalue weighted by molar-refractivity contribution is 0.209. The van der Waals surface area contributed by atoms with Crippen LogP contribution in [0.2, 0.25) is 5.28 Å². The number of aromatic nitrogens is 3. The summed E-state index contributed by atoms with van der Waals surface area (Å²) in [7, 11) is 7.79. The fraction of sp³-hybridized carbons (Fsp3) is 0.727. The van der Waals surface area contributed by atoms with E-state index in [1.807, 2.05) is 28.2 Å². The lowest BCUT2D eigenvalue weighted by Crippen LogP contribution is -2.44. The summed E-state index contributed by atoms with van der Waals surface area (Å²) in [6.07, 6.45) is 0. The number of rotatable bonds is 5. The molecule has 0 aliphatic carbocycles. The summed E-state index contributed by atoms with van der Waals surface area (Å²) in [6.45, 7) is 4.98. The van der Waals surface area contributed by atoms with Crippen molar-refractivity contribution in [3.05, 3.63) is 5.28 Å². The summed E-state index contributed by atoms with van der Waals surface area (Å²) in [4.78, 5) is 16.3. The number of halogens is 1. The molecule has 0 unspecified atom stereocenters. The van der Waals surface area contributed by atoms with Gasteiger partial charge in [0.15, 0.2) is 0 Å². The van der Waals surface area contributed by atoms with Gasteiger partial charge in [-0.1, -0.05) is 0 Å². The van der Waals surface area contributed by atoms with Gasteiger partial charge in [-0.25, -0.2) is 0 Å². The topological polar surface area (TPSA) is 57.2 Å². The maximum atomic E-state index is 5.87. The normalized spacial score (nSPS) is 11.8. The van der Waals surface area contributed by atoms with Gasteiger partial charge < -0.3 is 15.1 Å². The molecule has 0 aliphatic heterocycles. The lowest BCUT2D eigenvalue weighted by atomic mass is 10.1. The Morgan fingerprint density at radius 2 is 1.72 bits per heavy atom. The summed E-state index contributed by atoms with van der Waals surface area (Å²) in [5, 5.41) is 3.38. The molecule has 0 spiro atoms. The van der Waals surface area contributed by atoms with E-state index in [4.69, 9.17) is 11.6 Å².